The van der Waals surface area contributed by atoms with E-state index in [0.717, 1.165) is 15.6 Å². The Hall–Kier alpha value is -0.0500. The molecule has 0 aromatic heterocycles. The van der Waals surface area contributed by atoms with Crippen LogP contribution in [0, 0.1) is 6.92 Å². The van der Waals surface area contributed by atoms with E-state index in [0.29, 0.717) is 5.02 Å². The molecule has 0 aliphatic heterocycles. The summed E-state index contributed by atoms with van der Waals surface area (Å²) in [7, 11) is 0. The fourth-order valence-electron chi connectivity index (χ4n) is 0.932. The van der Waals surface area contributed by atoms with Gasteiger partial charge in [-0.3, -0.25) is 0 Å². The van der Waals surface area contributed by atoms with Crippen molar-refractivity contribution in [2.75, 3.05) is 0 Å². The quantitative estimate of drug-likeness (QED) is 0.793. The maximum Gasteiger partial charge on any atom is 0.0698 e. The van der Waals surface area contributed by atoms with Gasteiger partial charge >= 0.3 is 0 Å². The van der Waals surface area contributed by atoms with Gasteiger partial charge in [0.05, 0.1) is 6.61 Å². The minimum absolute atomic E-state index is 0.00204. The van der Waals surface area contributed by atoms with Gasteiger partial charge in [0.2, 0.25) is 0 Å². The first-order chi connectivity index (χ1) is 5.15. The molecule has 0 amide bonds. The zero-order valence-electron chi connectivity index (χ0n) is 6.06. The highest BCUT2D eigenvalue weighted by molar-refractivity contribution is 9.10. The predicted molar refractivity (Wildman–Crippen MR) is 49.8 cm³/mol. The first-order valence-corrected chi connectivity index (χ1v) is 4.37. The first-order valence-electron chi connectivity index (χ1n) is 3.20. The molecule has 3 heteroatoms. The Morgan fingerprint density at radius 1 is 1.55 bits per heavy atom. The second-order valence-electron chi connectivity index (χ2n) is 2.34. The van der Waals surface area contributed by atoms with E-state index in [9.17, 15) is 0 Å². The third kappa shape index (κ3) is 1.95. The van der Waals surface area contributed by atoms with Crippen LogP contribution in [0.2, 0.25) is 5.02 Å². The Labute approximate surface area is 79.1 Å². The van der Waals surface area contributed by atoms with Crippen molar-refractivity contribution in [3.63, 3.8) is 0 Å². The maximum absolute atomic E-state index is 8.89. The molecule has 0 fully saturated rings. The second kappa shape index (κ2) is 3.57. The van der Waals surface area contributed by atoms with Crippen LogP contribution in [0.5, 0.6) is 0 Å². The Kier molecular flexibility index (Phi) is 2.93. The fraction of sp³-hybridized carbons (Fsp3) is 0.250. The van der Waals surface area contributed by atoms with Gasteiger partial charge < -0.3 is 5.11 Å². The number of aryl methyl sites for hydroxylation is 1. The zero-order chi connectivity index (χ0) is 8.43. The third-order valence-corrected chi connectivity index (χ3v) is 2.34. The van der Waals surface area contributed by atoms with E-state index in [1.54, 1.807) is 6.07 Å². The van der Waals surface area contributed by atoms with Crippen molar-refractivity contribution in [1.82, 2.24) is 0 Å². The predicted octanol–water partition coefficient (Wildman–Crippen LogP) is 2.90. The highest BCUT2D eigenvalue weighted by Gasteiger charge is 2.03. The normalized spacial score (nSPS) is 10.2. The van der Waals surface area contributed by atoms with Gasteiger partial charge in [0.1, 0.15) is 0 Å². The summed E-state index contributed by atoms with van der Waals surface area (Å²) in [6.07, 6.45) is 0. The Morgan fingerprint density at radius 2 is 2.18 bits per heavy atom. The van der Waals surface area contributed by atoms with Crippen LogP contribution in [-0.2, 0) is 6.61 Å². The van der Waals surface area contributed by atoms with Crippen LogP contribution in [-0.4, -0.2) is 5.11 Å². The maximum atomic E-state index is 8.89. The standard InChI is InChI=1S/C8H8BrClO/c1-5-2-6(9)3-8(10)7(5)4-11/h2-3,11H,4H2,1H3. The highest BCUT2D eigenvalue weighted by atomic mass is 79.9. The topological polar surface area (TPSA) is 20.2 Å². The van der Waals surface area contributed by atoms with Crippen molar-refractivity contribution in [2.24, 2.45) is 0 Å². The van der Waals surface area contributed by atoms with Gasteiger partial charge in [-0.1, -0.05) is 27.5 Å². The molecular weight excluding hydrogens is 227 g/mol. The number of aliphatic hydroxyl groups is 1. The van der Waals surface area contributed by atoms with Crippen molar-refractivity contribution in [2.45, 2.75) is 13.5 Å². The minimum Gasteiger partial charge on any atom is -0.392 e. The van der Waals surface area contributed by atoms with Crippen LogP contribution in [0.1, 0.15) is 11.1 Å². The summed E-state index contributed by atoms with van der Waals surface area (Å²) in [5.41, 5.74) is 1.81. The molecule has 0 heterocycles. The van der Waals surface area contributed by atoms with E-state index in [1.165, 1.54) is 0 Å². The van der Waals surface area contributed by atoms with Gasteiger partial charge in [0.15, 0.2) is 0 Å². The van der Waals surface area contributed by atoms with Crippen LogP contribution < -0.4 is 0 Å². The van der Waals surface area contributed by atoms with Crippen LogP contribution in [0.4, 0.5) is 0 Å². The molecule has 0 radical (unpaired) electrons. The van der Waals surface area contributed by atoms with Gasteiger partial charge in [-0.15, -0.1) is 0 Å². The molecule has 1 aromatic carbocycles. The summed E-state index contributed by atoms with van der Waals surface area (Å²) in [6, 6.07) is 3.71. The molecule has 1 nitrogen and oxygen atoms in total. The average Bonchev–Trinajstić information content (AvgIpc) is 1.85. The van der Waals surface area contributed by atoms with Crippen LogP contribution in [0.25, 0.3) is 0 Å². The molecule has 0 aliphatic rings. The van der Waals surface area contributed by atoms with Crippen LogP contribution in [0.15, 0.2) is 16.6 Å². The number of aliphatic hydroxyl groups excluding tert-OH is 1. The molecule has 0 saturated carbocycles. The van der Waals surface area contributed by atoms with Gasteiger partial charge in [0, 0.05) is 9.50 Å². The summed E-state index contributed by atoms with van der Waals surface area (Å²) in [6.45, 7) is 1.92. The first kappa shape index (κ1) is 9.04. The molecule has 0 bridgehead atoms. The van der Waals surface area contributed by atoms with Crippen molar-refractivity contribution < 1.29 is 5.11 Å². The lowest BCUT2D eigenvalue weighted by Gasteiger charge is -2.04. The highest BCUT2D eigenvalue weighted by Crippen LogP contribution is 2.24. The summed E-state index contributed by atoms with van der Waals surface area (Å²) in [4.78, 5) is 0. The summed E-state index contributed by atoms with van der Waals surface area (Å²) < 4.78 is 0.942. The zero-order valence-corrected chi connectivity index (χ0v) is 8.41. The lowest BCUT2D eigenvalue weighted by atomic mass is 10.1. The van der Waals surface area contributed by atoms with E-state index in [1.807, 2.05) is 13.0 Å². The minimum atomic E-state index is -0.00204. The monoisotopic (exact) mass is 234 g/mol. The lowest BCUT2D eigenvalue weighted by Crippen LogP contribution is -1.89. The van der Waals surface area contributed by atoms with E-state index >= 15 is 0 Å². The third-order valence-electron chi connectivity index (χ3n) is 1.54. The molecule has 0 saturated heterocycles. The Morgan fingerprint density at radius 3 is 2.64 bits per heavy atom. The average molecular weight is 236 g/mol. The molecule has 11 heavy (non-hydrogen) atoms. The molecule has 0 spiro atoms. The molecule has 0 aliphatic carbocycles. The van der Waals surface area contributed by atoms with Crippen LogP contribution >= 0.6 is 27.5 Å². The lowest BCUT2D eigenvalue weighted by molar-refractivity contribution is 0.281. The second-order valence-corrected chi connectivity index (χ2v) is 3.66. The van der Waals surface area contributed by atoms with E-state index in [2.05, 4.69) is 15.9 Å². The van der Waals surface area contributed by atoms with E-state index < -0.39 is 0 Å². The largest absolute Gasteiger partial charge is 0.392 e. The SMILES string of the molecule is Cc1cc(Br)cc(Cl)c1CO. The molecule has 0 atom stereocenters. The smallest absolute Gasteiger partial charge is 0.0698 e. The summed E-state index contributed by atoms with van der Waals surface area (Å²) in [5, 5.41) is 9.50. The van der Waals surface area contributed by atoms with Gasteiger partial charge in [-0.25, -0.2) is 0 Å². The number of hydrogen-bond donors (Lipinski definition) is 1. The van der Waals surface area contributed by atoms with E-state index in [-0.39, 0.29) is 6.61 Å². The summed E-state index contributed by atoms with van der Waals surface area (Å²) in [5.74, 6) is 0. The number of hydrogen-bond acceptors (Lipinski definition) is 1. The van der Waals surface area contributed by atoms with Gasteiger partial charge in [0.25, 0.3) is 0 Å². The van der Waals surface area contributed by atoms with Gasteiger partial charge in [-0.05, 0) is 30.2 Å². The van der Waals surface area contributed by atoms with Crippen LogP contribution in [0.3, 0.4) is 0 Å². The van der Waals surface area contributed by atoms with Crippen molar-refractivity contribution >= 4 is 27.5 Å². The molecule has 1 N–H and O–H groups in total. The summed E-state index contributed by atoms with van der Waals surface area (Å²) >= 11 is 9.16. The number of benzene rings is 1. The molecule has 1 rings (SSSR count). The molecule has 0 unspecified atom stereocenters. The van der Waals surface area contributed by atoms with Crippen molar-refractivity contribution in [3.8, 4) is 0 Å². The van der Waals surface area contributed by atoms with Crippen molar-refractivity contribution in [1.29, 1.82) is 0 Å². The van der Waals surface area contributed by atoms with E-state index in [4.69, 9.17) is 16.7 Å². The fourth-order valence-corrected chi connectivity index (χ4v) is 1.96. The number of halogens is 2. The molecule has 1 aromatic rings. The Balaban J connectivity index is 3.25. The Bertz CT molecular complexity index is 250. The molecule has 60 valence electrons. The number of rotatable bonds is 1. The van der Waals surface area contributed by atoms with Gasteiger partial charge in [-0.2, -0.15) is 0 Å². The van der Waals surface area contributed by atoms with Crippen molar-refractivity contribution in [3.05, 3.63) is 32.8 Å². The molecular formula is C8H8BrClO.